The molecule has 2 aromatic carbocycles. The summed E-state index contributed by atoms with van der Waals surface area (Å²) in [6.45, 7) is 8.16. The molecule has 24 heavy (non-hydrogen) atoms. The van der Waals surface area contributed by atoms with Gasteiger partial charge in [-0.05, 0) is 34.2 Å². The van der Waals surface area contributed by atoms with E-state index in [-0.39, 0.29) is 12.0 Å². The summed E-state index contributed by atoms with van der Waals surface area (Å²) in [6, 6.07) is 16.4. The lowest BCUT2D eigenvalue weighted by molar-refractivity contribution is -0.119. The van der Waals surface area contributed by atoms with Gasteiger partial charge in [-0.2, -0.15) is 0 Å². The zero-order chi connectivity index (χ0) is 17.6. The van der Waals surface area contributed by atoms with Gasteiger partial charge >= 0.3 is 0 Å². The first-order valence-corrected chi connectivity index (χ1v) is 8.15. The molecule has 2 aromatic rings. The highest BCUT2D eigenvalue weighted by Gasteiger charge is 2.12. The van der Waals surface area contributed by atoms with Gasteiger partial charge in [0.15, 0.2) is 6.61 Å². The third kappa shape index (κ3) is 5.70. The average molecular weight is 326 g/mol. The summed E-state index contributed by atoms with van der Waals surface area (Å²) in [5, 5.41) is 3.43. The Morgan fingerprint density at radius 3 is 1.92 bits per heavy atom. The van der Waals surface area contributed by atoms with Crippen molar-refractivity contribution in [2.45, 2.75) is 39.3 Å². The first kappa shape index (κ1) is 18.0. The van der Waals surface area contributed by atoms with Crippen LogP contribution in [0.2, 0.25) is 0 Å². The molecule has 0 aliphatic heterocycles. The molecule has 0 heterocycles. The molecule has 0 saturated carbocycles. The van der Waals surface area contributed by atoms with Gasteiger partial charge in [0, 0.05) is 13.1 Å². The Morgan fingerprint density at radius 1 is 0.958 bits per heavy atom. The highest BCUT2D eigenvalue weighted by atomic mass is 16.5. The number of amides is 1. The molecular formula is C20H26N2O2. The van der Waals surface area contributed by atoms with E-state index in [2.05, 4.69) is 50.4 Å². The van der Waals surface area contributed by atoms with Gasteiger partial charge in [0.1, 0.15) is 5.75 Å². The van der Waals surface area contributed by atoms with Crippen molar-refractivity contribution in [3.8, 4) is 5.75 Å². The number of carbonyl (C=O) groups excluding carboxylic acids is 1. The maximum Gasteiger partial charge on any atom is 0.255 e. The van der Waals surface area contributed by atoms with Crippen molar-refractivity contribution in [3.63, 3.8) is 0 Å². The van der Waals surface area contributed by atoms with Gasteiger partial charge in [-0.15, -0.1) is 0 Å². The van der Waals surface area contributed by atoms with E-state index in [4.69, 9.17) is 10.5 Å². The van der Waals surface area contributed by atoms with Crippen molar-refractivity contribution in [1.29, 1.82) is 0 Å². The van der Waals surface area contributed by atoms with Gasteiger partial charge in [-0.1, -0.05) is 57.2 Å². The fourth-order valence-electron chi connectivity index (χ4n) is 2.33. The Hall–Kier alpha value is -2.33. The van der Waals surface area contributed by atoms with Crippen LogP contribution >= 0.6 is 0 Å². The predicted octanol–water partition coefficient (Wildman–Crippen LogP) is 3.14. The number of carbonyl (C=O) groups is 1. The summed E-state index contributed by atoms with van der Waals surface area (Å²) < 4.78 is 5.24. The number of benzene rings is 2. The van der Waals surface area contributed by atoms with Crippen molar-refractivity contribution < 1.29 is 9.53 Å². The van der Waals surface area contributed by atoms with Gasteiger partial charge in [0.2, 0.25) is 0 Å². The van der Waals surface area contributed by atoms with Crippen LogP contribution in [0.15, 0.2) is 48.5 Å². The first-order valence-electron chi connectivity index (χ1n) is 8.15. The summed E-state index contributed by atoms with van der Waals surface area (Å²) in [7, 11) is 0. The van der Waals surface area contributed by atoms with E-state index in [1.165, 1.54) is 11.1 Å². The third-order valence-corrected chi connectivity index (χ3v) is 3.78. The van der Waals surface area contributed by atoms with Gasteiger partial charge < -0.3 is 15.8 Å². The number of nitrogens with two attached hydrogens (primary N) is 1. The van der Waals surface area contributed by atoms with Gasteiger partial charge in [-0.25, -0.2) is 0 Å². The van der Waals surface area contributed by atoms with E-state index in [1.807, 2.05) is 24.3 Å². The summed E-state index contributed by atoms with van der Waals surface area (Å²) in [6.07, 6.45) is 0. The molecule has 4 heteroatoms. The molecule has 0 spiro atoms. The second-order valence-electron chi connectivity index (χ2n) is 6.95. The number of ether oxygens (including phenoxy) is 1. The van der Waals surface area contributed by atoms with Crippen LogP contribution in [0, 0.1) is 0 Å². The quantitative estimate of drug-likeness (QED) is 0.821. The molecule has 0 saturated heterocycles. The van der Waals surface area contributed by atoms with Gasteiger partial charge in [0.05, 0.1) is 0 Å². The predicted molar refractivity (Wildman–Crippen MR) is 96.8 cm³/mol. The molecule has 0 fully saturated rings. The topological polar surface area (TPSA) is 64.3 Å². The van der Waals surface area contributed by atoms with E-state index in [1.54, 1.807) is 0 Å². The fourth-order valence-corrected chi connectivity index (χ4v) is 2.33. The molecule has 0 aliphatic carbocycles. The molecule has 4 nitrogen and oxygen atoms in total. The van der Waals surface area contributed by atoms with Crippen molar-refractivity contribution in [3.05, 3.63) is 65.2 Å². The fraction of sp³-hybridized carbons (Fsp3) is 0.350. The Balaban J connectivity index is 1.80. The van der Waals surface area contributed by atoms with Crippen molar-refractivity contribution in [2.24, 2.45) is 5.73 Å². The molecule has 128 valence electrons. The average Bonchev–Trinajstić information content (AvgIpc) is 2.54. The van der Waals surface area contributed by atoms with E-state index in [0.29, 0.717) is 5.75 Å². The highest BCUT2D eigenvalue weighted by molar-refractivity contribution is 5.75. The first-order chi connectivity index (χ1) is 11.3. The SMILES string of the molecule is CC(C)(C)c1ccc(CNCc2ccc(OCC(N)=O)cc2)cc1. The van der Waals surface area contributed by atoms with Crippen LogP contribution in [0.5, 0.6) is 5.75 Å². The van der Waals surface area contributed by atoms with Crippen LogP contribution < -0.4 is 15.8 Å². The second kappa shape index (κ2) is 7.97. The lowest BCUT2D eigenvalue weighted by Crippen LogP contribution is -2.20. The van der Waals surface area contributed by atoms with Crippen LogP contribution in [0.3, 0.4) is 0 Å². The normalized spacial score (nSPS) is 11.3. The standard InChI is InChI=1S/C20H26N2O2/c1-20(2,3)17-8-4-15(5-9-17)12-22-13-16-6-10-18(11-7-16)24-14-19(21)23/h4-11,22H,12-14H2,1-3H3,(H2,21,23). The number of nitrogens with one attached hydrogen (secondary N) is 1. The van der Waals surface area contributed by atoms with E-state index < -0.39 is 5.91 Å². The number of primary amides is 1. The summed E-state index contributed by atoms with van der Waals surface area (Å²) in [5.74, 6) is 0.175. The largest absolute Gasteiger partial charge is 0.484 e. The minimum atomic E-state index is -0.474. The van der Waals surface area contributed by atoms with E-state index in [9.17, 15) is 4.79 Å². The van der Waals surface area contributed by atoms with Crippen LogP contribution in [0.4, 0.5) is 0 Å². The zero-order valence-electron chi connectivity index (χ0n) is 14.6. The zero-order valence-corrected chi connectivity index (χ0v) is 14.6. The highest BCUT2D eigenvalue weighted by Crippen LogP contribution is 2.22. The maximum atomic E-state index is 10.7. The molecule has 0 bridgehead atoms. The van der Waals surface area contributed by atoms with Crippen LogP contribution in [0.25, 0.3) is 0 Å². The molecule has 3 N–H and O–H groups in total. The molecular weight excluding hydrogens is 300 g/mol. The van der Waals surface area contributed by atoms with Crippen molar-refractivity contribution in [2.75, 3.05) is 6.61 Å². The second-order valence-corrected chi connectivity index (χ2v) is 6.95. The number of hydrogen-bond acceptors (Lipinski definition) is 3. The smallest absolute Gasteiger partial charge is 0.255 e. The Kier molecular flexibility index (Phi) is 5.99. The monoisotopic (exact) mass is 326 g/mol. The van der Waals surface area contributed by atoms with E-state index >= 15 is 0 Å². The van der Waals surface area contributed by atoms with Gasteiger partial charge in [-0.3, -0.25) is 4.79 Å². The van der Waals surface area contributed by atoms with E-state index in [0.717, 1.165) is 18.7 Å². The van der Waals surface area contributed by atoms with Crippen LogP contribution in [-0.2, 0) is 23.3 Å². The lowest BCUT2D eigenvalue weighted by atomic mass is 9.87. The Bertz CT molecular complexity index is 656. The van der Waals surface area contributed by atoms with Gasteiger partial charge in [0.25, 0.3) is 5.91 Å². The number of rotatable bonds is 7. The molecule has 0 aromatic heterocycles. The van der Waals surface area contributed by atoms with Crippen molar-refractivity contribution in [1.82, 2.24) is 5.32 Å². The number of hydrogen-bond donors (Lipinski definition) is 2. The van der Waals surface area contributed by atoms with Crippen LogP contribution in [-0.4, -0.2) is 12.5 Å². The Labute approximate surface area is 144 Å². The maximum absolute atomic E-state index is 10.7. The molecule has 2 rings (SSSR count). The van der Waals surface area contributed by atoms with Crippen LogP contribution in [0.1, 0.15) is 37.5 Å². The van der Waals surface area contributed by atoms with Crippen molar-refractivity contribution >= 4 is 5.91 Å². The molecule has 1 amide bonds. The molecule has 0 unspecified atom stereocenters. The minimum absolute atomic E-state index is 0.0951. The summed E-state index contributed by atoms with van der Waals surface area (Å²) in [5.41, 5.74) is 9.01. The molecule has 0 aliphatic rings. The minimum Gasteiger partial charge on any atom is -0.484 e. The molecule has 0 radical (unpaired) electrons. The summed E-state index contributed by atoms with van der Waals surface area (Å²) >= 11 is 0. The Morgan fingerprint density at radius 2 is 1.46 bits per heavy atom. The lowest BCUT2D eigenvalue weighted by Gasteiger charge is -2.19. The third-order valence-electron chi connectivity index (χ3n) is 3.78. The molecule has 0 atom stereocenters. The summed E-state index contributed by atoms with van der Waals surface area (Å²) in [4.78, 5) is 10.7.